The molecule has 0 fully saturated rings. The number of carbonyl (C=O) groups is 1. The molecule has 1 amide bonds. The van der Waals surface area contributed by atoms with Crippen molar-refractivity contribution in [1.82, 2.24) is 9.78 Å². The van der Waals surface area contributed by atoms with Crippen LogP contribution in [0.2, 0.25) is 5.02 Å². The number of benzene rings is 2. The van der Waals surface area contributed by atoms with Crippen molar-refractivity contribution in [2.45, 2.75) is 13.5 Å². The van der Waals surface area contributed by atoms with E-state index < -0.39 is 0 Å². The highest BCUT2D eigenvalue weighted by atomic mass is 35.5. The molecule has 1 N–H and O–H groups in total. The van der Waals surface area contributed by atoms with Gasteiger partial charge in [0, 0.05) is 11.2 Å². The average molecular weight is 374 g/mol. The Hall–Kier alpha value is -2.86. The Morgan fingerprint density at radius 3 is 2.88 bits per heavy atom. The lowest BCUT2D eigenvalue weighted by Crippen LogP contribution is -2.20. The van der Waals surface area contributed by atoms with Gasteiger partial charge in [-0.3, -0.25) is 9.48 Å². The van der Waals surface area contributed by atoms with Crippen molar-refractivity contribution in [3.63, 3.8) is 0 Å². The normalized spacial score (nSPS) is 10.6. The maximum Gasteiger partial charge on any atom is 0.262 e. The number of aromatic nitrogens is 2. The third-order valence-electron chi connectivity index (χ3n) is 3.72. The van der Waals surface area contributed by atoms with Gasteiger partial charge in [0.05, 0.1) is 18.4 Å². The molecule has 7 heteroatoms. The Kier molecular flexibility index (Phi) is 5.53. The van der Waals surface area contributed by atoms with Crippen molar-refractivity contribution in [3.05, 3.63) is 76.8 Å². The molecular weight excluding hydrogens is 357 g/mol. The first-order chi connectivity index (χ1) is 12.5. The van der Waals surface area contributed by atoms with Crippen molar-refractivity contribution in [3.8, 4) is 5.75 Å². The van der Waals surface area contributed by atoms with Crippen molar-refractivity contribution in [2.75, 3.05) is 11.9 Å². The van der Waals surface area contributed by atoms with E-state index in [1.807, 2.05) is 31.2 Å². The van der Waals surface area contributed by atoms with E-state index in [2.05, 4.69) is 10.4 Å². The summed E-state index contributed by atoms with van der Waals surface area (Å²) >= 11 is 6.02. The zero-order valence-electron chi connectivity index (χ0n) is 14.1. The first-order valence-corrected chi connectivity index (χ1v) is 8.34. The highest BCUT2D eigenvalue weighted by Gasteiger charge is 2.08. The second-order valence-electron chi connectivity index (χ2n) is 5.76. The van der Waals surface area contributed by atoms with Crippen LogP contribution in [0.15, 0.2) is 54.9 Å². The van der Waals surface area contributed by atoms with Crippen LogP contribution in [0.5, 0.6) is 5.75 Å². The molecule has 2 aromatic carbocycles. The fraction of sp³-hybridized carbons (Fsp3) is 0.158. The predicted molar refractivity (Wildman–Crippen MR) is 98.0 cm³/mol. The highest BCUT2D eigenvalue weighted by Crippen LogP contribution is 2.19. The zero-order valence-corrected chi connectivity index (χ0v) is 14.8. The van der Waals surface area contributed by atoms with Crippen LogP contribution in [0.1, 0.15) is 11.1 Å². The maximum atomic E-state index is 13.1. The summed E-state index contributed by atoms with van der Waals surface area (Å²) in [5.41, 5.74) is 2.24. The molecule has 0 aliphatic heterocycles. The highest BCUT2D eigenvalue weighted by molar-refractivity contribution is 6.31. The first-order valence-electron chi connectivity index (χ1n) is 7.96. The molecule has 0 radical (unpaired) electrons. The lowest BCUT2D eigenvalue weighted by molar-refractivity contribution is -0.118. The van der Waals surface area contributed by atoms with Crippen molar-refractivity contribution >= 4 is 23.2 Å². The van der Waals surface area contributed by atoms with Gasteiger partial charge in [-0.15, -0.1) is 0 Å². The van der Waals surface area contributed by atoms with Crippen molar-refractivity contribution < 1.29 is 13.9 Å². The van der Waals surface area contributed by atoms with Crippen LogP contribution in [0.4, 0.5) is 10.1 Å². The summed E-state index contributed by atoms with van der Waals surface area (Å²) in [5, 5.41) is 7.22. The Morgan fingerprint density at radius 2 is 2.12 bits per heavy atom. The number of amides is 1. The first kappa shape index (κ1) is 17.9. The summed E-state index contributed by atoms with van der Waals surface area (Å²) in [5.74, 6) is -0.00210. The number of halogens is 2. The Bertz CT molecular complexity index is 927. The van der Waals surface area contributed by atoms with E-state index in [0.29, 0.717) is 23.0 Å². The molecule has 0 aliphatic rings. The number of nitrogens with zero attached hydrogens (tertiary/aromatic N) is 2. The number of nitrogens with one attached hydrogen (secondary N) is 1. The number of hydrogen-bond donors (Lipinski definition) is 1. The van der Waals surface area contributed by atoms with E-state index in [-0.39, 0.29) is 18.3 Å². The molecule has 0 saturated heterocycles. The van der Waals surface area contributed by atoms with Gasteiger partial charge in [-0.2, -0.15) is 5.10 Å². The largest absolute Gasteiger partial charge is 0.483 e. The molecule has 3 aromatic rings. The third-order valence-corrected chi connectivity index (χ3v) is 4.07. The summed E-state index contributed by atoms with van der Waals surface area (Å²) < 4.78 is 20.2. The Labute approximate surface area is 155 Å². The number of rotatable bonds is 6. The van der Waals surface area contributed by atoms with E-state index >= 15 is 0 Å². The van der Waals surface area contributed by atoms with Crippen molar-refractivity contribution in [2.24, 2.45) is 0 Å². The number of para-hydroxylation sites is 1. The summed E-state index contributed by atoms with van der Waals surface area (Å²) in [6, 6.07) is 11.7. The number of carbonyl (C=O) groups excluding carboxylic acids is 1. The van der Waals surface area contributed by atoms with Crippen LogP contribution in [0.3, 0.4) is 0 Å². The van der Waals surface area contributed by atoms with Crippen LogP contribution in [-0.4, -0.2) is 22.3 Å². The molecule has 0 aliphatic carbocycles. The zero-order chi connectivity index (χ0) is 18.5. The lowest BCUT2D eigenvalue weighted by atomic mass is 10.2. The fourth-order valence-electron chi connectivity index (χ4n) is 2.40. The molecule has 0 atom stereocenters. The van der Waals surface area contributed by atoms with E-state index in [1.54, 1.807) is 16.9 Å². The molecule has 1 heterocycles. The number of anilines is 1. The van der Waals surface area contributed by atoms with Gasteiger partial charge >= 0.3 is 0 Å². The van der Waals surface area contributed by atoms with E-state index in [1.165, 1.54) is 18.3 Å². The Balaban J connectivity index is 1.56. The van der Waals surface area contributed by atoms with Gasteiger partial charge in [0.1, 0.15) is 11.6 Å². The molecule has 134 valence electrons. The van der Waals surface area contributed by atoms with Gasteiger partial charge in [0.15, 0.2) is 6.61 Å². The molecular formula is C19H17ClFN3O2. The molecule has 0 unspecified atom stereocenters. The maximum absolute atomic E-state index is 13.1. The second kappa shape index (κ2) is 8.01. The van der Waals surface area contributed by atoms with Crippen LogP contribution >= 0.6 is 11.6 Å². The van der Waals surface area contributed by atoms with E-state index in [0.717, 1.165) is 11.1 Å². The number of hydrogen-bond acceptors (Lipinski definition) is 3. The fourth-order valence-corrected chi connectivity index (χ4v) is 2.62. The van der Waals surface area contributed by atoms with E-state index in [9.17, 15) is 9.18 Å². The minimum absolute atomic E-state index is 0.0974. The minimum atomic E-state index is -0.388. The van der Waals surface area contributed by atoms with Gasteiger partial charge in [-0.25, -0.2) is 4.39 Å². The molecule has 0 saturated carbocycles. The van der Waals surface area contributed by atoms with E-state index in [4.69, 9.17) is 16.3 Å². The standard InChI is InChI=1S/C19H17ClFN3O2/c1-13-4-2-3-5-18(13)26-12-19(25)23-16-9-22-24(11-16)10-14-6-7-15(21)8-17(14)20/h2-9,11H,10,12H2,1H3,(H,23,25). The van der Waals surface area contributed by atoms with Crippen LogP contribution < -0.4 is 10.1 Å². The quantitative estimate of drug-likeness (QED) is 0.709. The number of ether oxygens (including phenoxy) is 1. The molecule has 26 heavy (non-hydrogen) atoms. The lowest BCUT2D eigenvalue weighted by Gasteiger charge is -2.08. The summed E-state index contributed by atoms with van der Waals surface area (Å²) in [6.45, 7) is 2.19. The molecule has 5 nitrogen and oxygen atoms in total. The monoisotopic (exact) mass is 373 g/mol. The Morgan fingerprint density at radius 1 is 1.31 bits per heavy atom. The second-order valence-corrected chi connectivity index (χ2v) is 6.17. The van der Waals surface area contributed by atoms with Gasteiger partial charge in [0.25, 0.3) is 5.91 Å². The molecule has 0 spiro atoms. The van der Waals surface area contributed by atoms with Crippen LogP contribution in [0, 0.1) is 12.7 Å². The van der Waals surface area contributed by atoms with Gasteiger partial charge in [-0.1, -0.05) is 35.9 Å². The smallest absolute Gasteiger partial charge is 0.262 e. The SMILES string of the molecule is Cc1ccccc1OCC(=O)Nc1cnn(Cc2ccc(F)cc2Cl)c1. The summed E-state index contributed by atoms with van der Waals surface area (Å²) in [4.78, 5) is 12.0. The average Bonchev–Trinajstić information content (AvgIpc) is 3.04. The molecule has 0 bridgehead atoms. The predicted octanol–water partition coefficient (Wildman–Crippen LogP) is 4.05. The van der Waals surface area contributed by atoms with Crippen LogP contribution in [0.25, 0.3) is 0 Å². The van der Waals surface area contributed by atoms with Crippen LogP contribution in [-0.2, 0) is 11.3 Å². The summed E-state index contributed by atoms with van der Waals surface area (Å²) in [6.07, 6.45) is 3.20. The van der Waals surface area contributed by atoms with Crippen molar-refractivity contribution in [1.29, 1.82) is 0 Å². The van der Waals surface area contributed by atoms with Gasteiger partial charge in [0.2, 0.25) is 0 Å². The molecule has 3 rings (SSSR count). The number of aryl methyl sites for hydroxylation is 1. The van der Waals surface area contributed by atoms with Gasteiger partial charge in [-0.05, 0) is 36.2 Å². The third kappa shape index (κ3) is 4.61. The minimum Gasteiger partial charge on any atom is -0.483 e. The topological polar surface area (TPSA) is 56.1 Å². The van der Waals surface area contributed by atoms with Gasteiger partial charge < -0.3 is 10.1 Å². The summed E-state index contributed by atoms with van der Waals surface area (Å²) in [7, 11) is 0. The molecule has 1 aromatic heterocycles.